The highest BCUT2D eigenvalue weighted by molar-refractivity contribution is 5.98. The van der Waals surface area contributed by atoms with Crippen LogP contribution in [0.3, 0.4) is 0 Å². The Labute approximate surface area is 610 Å². The molecular formula is C69H90N12O26. The molecule has 0 radical (unpaired) electrons. The molecule has 0 saturated carbocycles. The molecule has 23 N–H and O–H groups in total. The zero-order chi connectivity index (χ0) is 76.5. The number of aliphatic hydroxyl groups is 12. The number of hydrogen-bond acceptors (Lipinski definition) is 32. The summed E-state index contributed by atoms with van der Waals surface area (Å²) >= 11 is 0. The number of guanidine groups is 2. The van der Waals surface area contributed by atoms with Crippen LogP contribution in [-0.2, 0) is 70.2 Å². The van der Waals surface area contributed by atoms with Crippen molar-refractivity contribution in [2.24, 2.45) is 21.5 Å². The summed E-state index contributed by atoms with van der Waals surface area (Å²) in [7, 11) is 0. The minimum absolute atomic E-state index is 0.0512. The molecule has 7 aliphatic rings. The Hall–Kier alpha value is -8.88. The number of aliphatic imine (C=N–C) groups is 2. The van der Waals surface area contributed by atoms with Crippen molar-refractivity contribution in [1.82, 2.24) is 42.1 Å². The number of aliphatic hydroxyl groups excluding tert-OH is 12. The van der Waals surface area contributed by atoms with Crippen LogP contribution in [-0.4, -0.2) is 306 Å². The molecule has 107 heavy (non-hydrogen) atoms. The van der Waals surface area contributed by atoms with Crippen LogP contribution in [0.1, 0.15) is 47.8 Å². The van der Waals surface area contributed by atoms with Crippen LogP contribution < -0.4 is 58.2 Å². The lowest BCUT2D eigenvalue weighted by Crippen LogP contribution is -2.70. The Balaban J connectivity index is 0.825. The first-order valence-corrected chi connectivity index (χ1v) is 34.7. The third kappa shape index (κ3) is 18.1. The SMILES string of the molecule is CCC(c1ccccc1)C1NC(=O)CNC(=O)C(CO)NC(=O)C(C(O)C2CN=C(N)N2C2OC(CO)C(O)C(O)C2O)NC(=O)C(C(O)C2CN=C(N)N2)NC(=O)C(Cc2ccc(OC3OC(CO)C(OC4OC5COC(c6cccc(OCc7ccccc7)c6)OC5C(O)C4O)C(O)C3O)cc2)NC1=O. The predicted molar refractivity (Wildman–Crippen MR) is 365 cm³/mol. The van der Waals surface area contributed by atoms with Crippen molar-refractivity contribution in [3.63, 3.8) is 0 Å². The van der Waals surface area contributed by atoms with E-state index in [1.165, 1.54) is 24.3 Å². The zero-order valence-electron chi connectivity index (χ0n) is 57.6. The van der Waals surface area contributed by atoms with Crippen LogP contribution in [0.25, 0.3) is 0 Å². The molecule has 4 aromatic carbocycles. The van der Waals surface area contributed by atoms with Gasteiger partial charge >= 0.3 is 0 Å². The first-order chi connectivity index (χ1) is 51.4. The first kappa shape index (κ1) is 79.2. The molecule has 38 heteroatoms. The van der Waals surface area contributed by atoms with Gasteiger partial charge in [0.2, 0.25) is 41.7 Å². The molecule has 0 aromatic heterocycles. The average Bonchev–Trinajstić information content (AvgIpc) is 1.76. The fourth-order valence-corrected chi connectivity index (χ4v) is 13.7. The molecule has 7 heterocycles. The molecule has 0 bridgehead atoms. The van der Waals surface area contributed by atoms with Crippen molar-refractivity contribution in [1.29, 1.82) is 0 Å². The number of nitrogens with two attached hydrogens (primary N) is 2. The van der Waals surface area contributed by atoms with Crippen molar-refractivity contribution in [3.8, 4) is 11.5 Å². The summed E-state index contributed by atoms with van der Waals surface area (Å²) in [6.07, 6.45) is -31.0. The summed E-state index contributed by atoms with van der Waals surface area (Å²) in [5, 5.41) is 152. The van der Waals surface area contributed by atoms with E-state index in [-0.39, 0.29) is 36.8 Å². The maximum atomic E-state index is 15.3. The number of rotatable bonds is 21. The van der Waals surface area contributed by atoms with Gasteiger partial charge in [0.05, 0.1) is 58.1 Å². The van der Waals surface area contributed by atoms with E-state index in [1.807, 2.05) is 30.3 Å². The standard InChI is InChI=1S/C69H90N12O26/c1-2-36(32-12-7-4-8-13-32)45-61(97)75-37(20-30-16-18-34(19-17-30)102-66-55(93)52(90)57(42(27-84)104-66)107-67-56(94)53(91)58-43(105-67)29-101-65(106-58)33-14-9-15-35(21-33)100-28-31-10-5-3-6-11-31)60(96)79-46(48(86)38-22-73-68(70)77-38)63(99)80-47(62(98)76-39(25-82)59(95)72-24-44(85)78-45)49(87)40-23-74-69(71)81(40)64-54(92)51(89)50(88)41(26-83)103-64/h3-19,21,36-43,45-58,64-67,82-84,86-94H,2,20,22-29H2,1H3,(H2,71,74)(H,72,95)(H,75,97)(H,76,98)(H,78,85)(H,79,96)(H,80,99)(H3,70,73,77). The van der Waals surface area contributed by atoms with E-state index in [0.29, 0.717) is 23.5 Å². The maximum Gasteiger partial charge on any atom is 0.246 e. The fourth-order valence-electron chi connectivity index (χ4n) is 13.7. The van der Waals surface area contributed by atoms with Crippen LogP contribution in [0.2, 0.25) is 0 Å². The van der Waals surface area contributed by atoms with Gasteiger partial charge in [-0.25, -0.2) is 0 Å². The molecule has 38 nitrogen and oxygen atoms in total. The molecule has 582 valence electrons. The molecule has 26 unspecified atom stereocenters. The second kappa shape index (κ2) is 35.4. The van der Waals surface area contributed by atoms with E-state index in [1.54, 1.807) is 61.5 Å². The quantitative estimate of drug-likeness (QED) is 0.0368. The summed E-state index contributed by atoms with van der Waals surface area (Å²) in [4.78, 5) is 97.2. The van der Waals surface area contributed by atoms with E-state index in [4.69, 9.17) is 49.4 Å². The van der Waals surface area contributed by atoms with Crippen molar-refractivity contribution >= 4 is 47.4 Å². The molecule has 7 aliphatic heterocycles. The maximum absolute atomic E-state index is 15.3. The van der Waals surface area contributed by atoms with Crippen molar-refractivity contribution < 1.29 is 128 Å². The highest BCUT2D eigenvalue weighted by Crippen LogP contribution is 2.38. The van der Waals surface area contributed by atoms with Gasteiger partial charge < -0.3 is 153 Å². The molecule has 5 saturated heterocycles. The van der Waals surface area contributed by atoms with Gasteiger partial charge in [-0.15, -0.1) is 0 Å². The number of fused-ring (bicyclic) bond motifs is 1. The van der Waals surface area contributed by atoms with Gasteiger partial charge in [0.15, 0.2) is 30.7 Å². The molecule has 0 spiro atoms. The number of ether oxygens (including phenoxy) is 8. The second-order valence-electron chi connectivity index (χ2n) is 26.7. The third-order valence-corrected chi connectivity index (χ3v) is 19.6. The minimum atomic E-state index is -2.35. The Morgan fingerprint density at radius 3 is 1.93 bits per heavy atom. The second-order valence-corrected chi connectivity index (χ2v) is 26.7. The summed E-state index contributed by atoms with van der Waals surface area (Å²) in [6, 6.07) is 17.6. The van der Waals surface area contributed by atoms with Crippen molar-refractivity contribution in [2.75, 3.05) is 46.1 Å². The van der Waals surface area contributed by atoms with Crippen molar-refractivity contribution in [2.45, 2.75) is 185 Å². The van der Waals surface area contributed by atoms with Crippen LogP contribution in [0.15, 0.2) is 119 Å². The zero-order valence-corrected chi connectivity index (χ0v) is 57.6. The monoisotopic (exact) mass is 1500 g/mol. The van der Waals surface area contributed by atoms with Crippen LogP contribution in [0.4, 0.5) is 0 Å². The largest absolute Gasteiger partial charge is 0.489 e. The Morgan fingerprint density at radius 1 is 0.579 bits per heavy atom. The van der Waals surface area contributed by atoms with Gasteiger partial charge in [-0.2, -0.15) is 0 Å². The molecule has 5 fully saturated rings. The third-order valence-electron chi connectivity index (χ3n) is 19.6. The highest BCUT2D eigenvalue weighted by Gasteiger charge is 2.55. The molecule has 26 atom stereocenters. The summed E-state index contributed by atoms with van der Waals surface area (Å²) in [5.74, 6) is -8.33. The number of hydrogen-bond donors (Lipinski definition) is 21. The molecule has 6 amide bonds. The van der Waals surface area contributed by atoms with Gasteiger partial charge in [-0.3, -0.25) is 38.8 Å². The van der Waals surface area contributed by atoms with Crippen LogP contribution in [0.5, 0.6) is 11.5 Å². The molecular weight excluding hydrogens is 1410 g/mol. The van der Waals surface area contributed by atoms with Gasteiger partial charge in [0.1, 0.15) is 134 Å². The summed E-state index contributed by atoms with van der Waals surface area (Å²) in [5.41, 5.74) is 14.5. The lowest BCUT2D eigenvalue weighted by atomic mass is 9.88. The van der Waals surface area contributed by atoms with Gasteiger partial charge in [0.25, 0.3) is 0 Å². The minimum Gasteiger partial charge on any atom is -0.489 e. The number of carbonyl (C=O) groups is 6. The molecule has 4 aromatic rings. The average molecular weight is 1500 g/mol. The van der Waals surface area contributed by atoms with Crippen molar-refractivity contribution in [3.05, 3.63) is 131 Å². The number of amides is 6. The molecule has 11 rings (SSSR count). The van der Waals surface area contributed by atoms with E-state index in [9.17, 15) is 75.7 Å². The van der Waals surface area contributed by atoms with Crippen LogP contribution >= 0.6 is 0 Å². The highest BCUT2D eigenvalue weighted by atomic mass is 16.8. The fraction of sp³-hybridized carbons (Fsp3) is 0.536. The van der Waals surface area contributed by atoms with E-state index in [2.05, 4.69) is 47.2 Å². The summed E-state index contributed by atoms with van der Waals surface area (Å²) < 4.78 is 47.8. The first-order valence-electron chi connectivity index (χ1n) is 34.7. The lowest BCUT2D eigenvalue weighted by Gasteiger charge is -2.48. The lowest BCUT2D eigenvalue weighted by molar-refractivity contribution is -0.383. The van der Waals surface area contributed by atoms with E-state index >= 15 is 14.4 Å². The number of nitrogens with zero attached hydrogens (tertiary/aromatic N) is 3. The van der Waals surface area contributed by atoms with Gasteiger partial charge in [-0.05, 0) is 47.4 Å². The summed E-state index contributed by atoms with van der Waals surface area (Å²) in [6.45, 7) is -2.84. The van der Waals surface area contributed by atoms with E-state index < -0.39 is 239 Å². The smallest absolute Gasteiger partial charge is 0.246 e. The number of benzene rings is 4. The number of nitrogens with one attached hydrogen (secondary N) is 7. The molecule has 0 aliphatic carbocycles. The number of carbonyl (C=O) groups excluding carboxylic acids is 6. The van der Waals surface area contributed by atoms with E-state index in [0.717, 1.165) is 10.5 Å². The van der Waals surface area contributed by atoms with Crippen LogP contribution in [0, 0.1) is 0 Å². The van der Waals surface area contributed by atoms with Gasteiger partial charge in [-0.1, -0.05) is 91.9 Å². The Kier molecular flexibility index (Phi) is 26.2. The Bertz CT molecular complexity index is 3760. The van der Waals surface area contributed by atoms with Gasteiger partial charge in [0, 0.05) is 17.9 Å². The predicted octanol–water partition coefficient (Wildman–Crippen LogP) is -8.88. The topological polar surface area (TPSA) is 583 Å². The normalized spacial score (nSPS) is 34.9. The Morgan fingerprint density at radius 2 is 1.24 bits per heavy atom.